The van der Waals surface area contributed by atoms with Gasteiger partial charge in [0.05, 0.1) is 17.2 Å². The second kappa shape index (κ2) is 9.36. The van der Waals surface area contributed by atoms with Crippen molar-refractivity contribution < 1.29 is 4.42 Å². The van der Waals surface area contributed by atoms with E-state index in [1.165, 1.54) is 4.88 Å². The fourth-order valence-electron chi connectivity index (χ4n) is 2.90. The quantitative estimate of drug-likeness (QED) is 0.332. The number of furan rings is 1. The smallest absolute Gasteiger partial charge is 0.193 e. The van der Waals surface area contributed by atoms with Gasteiger partial charge < -0.3 is 14.6 Å². The van der Waals surface area contributed by atoms with Crippen LogP contribution in [0.3, 0.4) is 0 Å². The first-order valence-corrected chi connectivity index (χ1v) is 9.20. The first kappa shape index (κ1) is 20.7. The molecule has 2 heterocycles. The Balaban J connectivity index is 0.00000243. The molecule has 0 fully saturated rings. The number of nitrogens with one attached hydrogen (secondary N) is 1. The number of aliphatic imine (C=N–C) groups is 1. The molecule has 1 aromatic carbocycles. The van der Waals surface area contributed by atoms with Gasteiger partial charge in [-0.05, 0) is 26.0 Å². The van der Waals surface area contributed by atoms with Gasteiger partial charge in [0.15, 0.2) is 5.96 Å². The summed E-state index contributed by atoms with van der Waals surface area (Å²) in [5, 5.41) is 5.67. The lowest BCUT2D eigenvalue weighted by molar-refractivity contribution is 0.413. The Labute approximate surface area is 175 Å². The second-order valence-corrected chi connectivity index (χ2v) is 7.36. The monoisotopic (exact) mass is 484 g/mol. The van der Waals surface area contributed by atoms with Gasteiger partial charge in [0.25, 0.3) is 0 Å². The third-order valence-electron chi connectivity index (χ3n) is 4.08. The van der Waals surface area contributed by atoms with Crippen LogP contribution in [0.4, 0.5) is 0 Å². The van der Waals surface area contributed by atoms with Gasteiger partial charge in [0, 0.05) is 37.3 Å². The van der Waals surface area contributed by atoms with Gasteiger partial charge in [-0.2, -0.15) is 0 Å². The van der Waals surface area contributed by atoms with Crippen LogP contribution in [0.25, 0.3) is 11.0 Å². The molecule has 5 nitrogen and oxygen atoms in total. The average Bonchev–Trinajstić information content (AvgIpc) is 3.13. The van der Waals surface area contributed by atoms with Crippen LogP contribution >= 0.6 is 35.3 Å². The van der Waals surface area contributed by atoms with Crippen molar-refractivity contribution in [2.45, 2.75) is 26.8 Å². The lowest BCUT2D eigenvalue weighted by Crippen LogP contribution is -2.39. The third kappa shape index (κ3) is 4.97. The molecule has 0 aliphatic rings. The molecule has 0 saturated heterocycles. The number of nitrogens with zero attached hydrogens (tertiary/aromatic N) is 3. The van der Waals surface area contributed by atoms with Crippen LogP contribution in [0, 0.1) is 13.8 Å². The molecule has 26 heavy (non-hydrogen) atoms. The SMILES string of the molecule is CN=C(NCCc1sc(C)nc1C)N(C)Cc1cc2ccccc2o1.I. The molecule has 0 spiro atoms. The highest BCUT2D eigenvalue weighted by Gasteiger charge is 2.11. The van der Waals surface area contributed by atoms with E-state index in [-0.39, 0.29) is 24.0 Å². The Kier molecular flexibility index (Phi) is 7.45. The standard InChI is InChI=1S/C19H24N4OS.HI/c1-13-18(25-14(2)22-13)9-10-21-19(20-3)23(4)12-16-11-15-7-5-6-8-17(15)24-16;/h5-8,11H,9-10,12H2,1-4H3,(H,20,21);1H. The molecule has 140 valence electrons. The average molecular weight is 484 g/mol. The number of guanidine groups is 1. The summed E-state index contributed by atoms with van der Waals surface area (Å²) in [6.07, 6.45) is 0.953. The molecule has 7 heteroatoms. The molecule has 2 aromatic heterocycles. The summed E-state index contributed by atoms with van der Waals surface area (Å²) >= 11 is 1.77. The number of aryl methyl sites for hydroxylation is 2. The van der Waals surface area contributed by atoms with Crippen molar-refractivity contribution in [2.75, 3.05) is 20.6 Å². The number of hydrogen-bond acceptors (Lipinski definition) is 4. The molecule has 0 unspecified atom stereocenters. The Morgan fingerprint density at radius 3 is 2.73 bits per heavy atom. The lowest BCUT2D eigenvalue weighted by Gasteiger charge is -2.20. The fourth-order valence-corrected chi connectivity index (χ4v) is 3.84. The summed E-state index contributed by atoms with van der Waals surface area (Å²) < 4.78 is 5.89. The Bertz CT molecular complexity index is 854. The van der Waals surface area contributed by atoms with Crippen LogP contribution in [-0.4, -0.2) is 36.5 Å². The Morgan fingerprint density at radius 2 is 2.08 bits per heavy atom. The molecule has 0 saturated carbocycles. The number of aromatic nitrogens is 1. The van der Waals surface area contributed by atoms with Crippen LogP contribution in [0.1, 0.15) is 21.3 Å². The van der Waals surface area contributed by atoms with E-state index in [1.807, 2.05) is 25.2 Å². The van der Waals surface area contributed by atoms with Crippen molar-refractivity contribution >= 4 is 52.2 Å². The predicted octanol–water partition coefficient (Wildman–Crippen LogP) is 4.37. The Morgan fingerprint density at radius 1 is 1.31 bits per heavy atom. The summed E-state index contributed by atoms with van der Waals surface area (Å²) in [5.41, 5.74) is 2.06. The number of para-hydroxylation sites is 1. The van der Waals surface area contributed by atoms with E-state index in [0.717, 1.165) is 46.4 Å². The molecule has 0 radical (unpaired) electrons. The van der Waals surface area contributed by atoms with Crippen LogP contribution in [-0.2, 0) is 13.0 Å². The van der Waals surface area contributed by atoms with Crippen LogP contribution in [0.2, 0.25) is 0 Å². The van der Waals surface area contributed by atoms with Gasteiger partial charge in [-0.1, -0.05) is 18.2 Å². The fraction of sp³-hybridized carbons (Fsp3) is 0.368. The predicted molar refractivity (Wildman–Crippen MR) is 120 cm³/mol. The first-order chi connectivity index (χ1) is 12.1. The van der Waals surface area contributed by atoms with Gasteiger partial charge in [0.2, 0.25) is 0 Å². The zero-order chi connectivity index (χ0) is 17.8. The van der Waals surface area contributed by atoms with E-state index in [1.54, 1.807) is 18.4 Å². The first-order valence-electron chi connectivity index (χ1n) is 8.39. The summed E-state index contributed by atoms with van der Waals surface area (Å²) in [4.78, 5) is 12.3. The van der Waals surface area contributed by atoms with Crippen LogP contribution < -0.4 is 5.32 Å². The maximum absolute atomic E-state index is 5.89. The van der Waals surface area contributed by atoms with Gasteiger partial charge in [-0.15, -0.1) is 35.3 Å². The van der Waals surface area contributed by atoms with Crippen molar-refractivity contribution in [1.29, 1.82) is 0 Å². The zero-order valence-electron chi connectivity index (χ0n) is 15.6. The van der Waals surface area contributed by atoms with Crippen LogP contribution in [0.15, 0.2) is 39.7 Å². The number of benzene rings is 1. The molecule has 1 N–H and O–H groups in total. The number of rotatable bonds is 5. The van der Waals surface area contributed by atoms with Crippen molar-refractivity contribution in [1.82, 2.24) is 15.2 Å². The molecule has 3 aromatic rings. The highest BCUT2D eigenvalue weighted by atomic mass is 127. The van der Waals surface area contributed by atoms with E-state index in [9.17, 15) is 0 Å². The van der Waals surface area contributed by atoms with E-state index in [2.05, 4.69) is 46.2 Å². The van der Waals surface area contributed by atoms with Gasteiger partial charge in [-0.25, -0.2) is 4.98 Å². The number of thiazole rings is 1. The Hall–Kier alpha value is -1.61. The molecule has 0 aliphatic heterocycles. The zero-order valence-corrected chi connectivity index (χ0v) is 18.7. The molecule has 0 atom stereocenters. The van der Waals surface area contributed by atoms with Gasteiger partial charge in [0.1, 0.15) is 11.3 Å². The van der Waals surface area contributed by atoms with Crippen molar-refractivity contribution in [2.24, 2.45) is 4.99 Å². The topological polar surface area (TPSA) is 53.7 Å². The van der Waals surface area contributed by atoms with E-state index in [0.29, 0.717) is 6.54 Å². The lowest BCUT2D eigenvalue weighted by atomic mass is 10.2. The maximum Gasteiger partial charge on any atom is 0.193 e. The van der Waals surface area contributed by atoms with Crippen LogP contribution in [0.5, 0.6) is 0 Å². The summed E-state index contributed by atoms with van der Waals surface area (Å²) in [6.45, 7) is 5.63. The van der Waals surface area contributed by atoms with Crippen molar-refractivity contribution in [3.63, 3.8) is 0 Å². The van der Waals surface area contributed by atoms with E-state index < -0.39 is 0 Å². The molecule has 3 rings (SSSR count). The number of hydrogen-bond donors (Lipinski definition) is 1. The third-order valence-corrected chi connectivity index (χ3v) is 5.21. The van der Waals surface area contributed by atoms with Gasteiger partial charge in [-0.3, -0.25) is 4.99 Å². The largest absolute Gasteiger partial charge is 0.459 e. The number of fused-ring (bicyclic) bond motifs is 1. The molecular formula is C19H25IN4OS. The summed E-state index contributed by atoms with van der Waals surface area (Å²) in [7, 11) is 3.82. The maximum atomic E-state index is 5.89. The minimum absolute atomic E-state index is 0. The molecule has 0 amide bonds. The highest BCUT2D eigenvalue weighted by molar-refractivity contribution is 14.0. The molecular weight excluding hydrogens is 459 g/mol. The van der Waals surface area contributed by atoms with E-state index >= 15 is 0 Å². The van der Waals surface area contributed by atoms with Crippen molar-refractivity contribution in [3.8, 4) is 0 Å². The summed E-state index contributed by atoms with van der Waals surface area (Å²) in [5.74, 6) is 1.79. The minimum atomic E-state index is 0. The van der Waals surface area contributed by atoms with Gasteiger partial charge >= 0.3 is 0 Å². The minimum Gasteiger partial charge on any atom is -0.459 e. The second-order valence-electron chi connectivity index (χ2n) is 6.07. The number of halogens is 1. The highest BCUT2D eigenvalue weighted by Crippen LogP contribution is 2.20. The molecule has 0 aliphatic carbocycles. The van der Waals surface area contributed by atoms with E-state index in [4.69, 9.17) is 4.42 Å². The normalized spacial score (nSPS) is 11.5. The summed E-state index contributed by atoms with van der Waals surface area (Å²) in [6, 6.07) is 10.2. The molecule has 0 bridgehead atoms. The van der Waals surface area contributed by atoms with Crippen molar-refractivity contribution in [3.05, 3.63) is 51.7 Å².